The highest BCUT2D eigenvalue weighted by molar-refractivity contribution is 6.27. The number of aromatic nitrogens is 2. The fourth-order valence-electron chi connectivity index (χ4n) is 5.10. The van der Waals surface area contributed by atoms with Gasteiger partial charge in [-0.25, -0.2) is 9.41 Å². The molecule has 0 aliphatic heterocycles. The highest BCUT2D eigenvalue weighted by Gasteiger charge is 2.25. The summed E-state index contributed by atoms with van der Waals surface area (Å²) in [4.78, 5) is 3.73. The maximum absolute atomic E-state index is 9.84. The van der Waals surface area contributed by atoms with Crippen molar-refractivity contribution < 1.29 is 4.57 Å². The lowest BCUT2D eigenvalue weighted by Crippen LogP contribution is -2.29. The minimum atomic E-state index is 0.621. The van der Waals surface area contributed by atoms with Gasteiger partial charge in [-0.3, -0.25) is 0 Å². The van der Waals surface area contributed by atoms with Crippen molar-refractivity contribution >= 4 is 54.7 Å². The summed E-state index contributed by atoms with van der Waals surface area (Å²) >= 11 is 0. The van der Waals surface area contributed by atoms with Crippen molar-refractivity contribution in [1.29, 1.82) is 5.26 Å². The summed E-state index contributed by atoms with van der Waals surface area (Å²) in [5.74, 6) is 0. The molecule has 3 heterocycles. The van der Waals surface area contributed by atoms with Gasteiger partial charge in [0, 0.05) is 16.8 Å². The smallest absolute Gasteiger partial charge is 0.224 e. The molecule has 3 aromatic heterocycles. The van der Waals surface area contributed by atoms with Crippen LogP contribution >= 0.6 is 0 Å². The van der Waals surface area contributed by atoms with Crippen molar-refractivity contribution in [2.45, 2.75) is 13.8 Å². The summed E-state index contributed by atoms with van der Waals surface area (Å²) in [6.45, 7) is 11.9. The van der Waals surface area contributed by atoms with E-state index in [4.69, 9.17) is 6.57 Å². The third kappa shape index (κ3) is 1.81. The number of rotatable bonds is 0. The van der Waals surface area contributed by atoms with Crippen LogP contribution in [-0.2, 0) is 7.05 Å². The molecule has 0 saturated heterocycles. The van der Waals surface area contributed by atoms with Crippen LogP contribution in [0.1, 0.15) is 16.7 Å². The predicted octanol–water partition coefficient (Wildman–Crippen LogP) is 5.85. The monoisotopic (exact) mass is 385 g/mol. The van der Waals surface area contributed by atoms with E-state index in [0.717, 1.165) is 38.1 Å². The standard InChI is InChI=1S/C26H17N4/c1-14-10-19-23-17(13-27)6-5-7-20(23)30-21-12-18(28-3)11-16-8-9-29(4)26(24(16)21)22(15(14)2)25(19)30/h5-12H,1-2,4H3/q+1. The summed E-state index contributed by atoms with van der Waals surface area (Å²) in [6.07, 6.45) is 2.07. The number of hydrogen-bond donors (Lipinski definition) is 0. The van der Waals surface area contributed by atoms with Crippen LogP contribution in [0.2, 0.25) is 0 Å². The van der Waals surface area contributed by atoms with E-state index in [-0.39, 0.29) is 0 Å². The van der Waals surface area contributed by atoms with Crippen LogP contribution in [0, 0.1) is 31.8 Å². The Morgan fingerprint density at radius 2 is 1.87 bits per heavy atom. The molecule has 4 heteroatoms. The molecule has 0 N–H and O–H groups in total. The van der Waals surface area contributed by atoms with E-state index in [0.29, 0.717) is 11.3 Å². The maximum atomic E-state index is 9.84. The molecule has 6 aromatic rings. The molecule has 0 radical (unpaired) electrons. The first-order valence-electron chi connectivity index (χ1n) is 9.87. The van der Waals surface area contributed by atoms with Crippen molar-refractivity contribution in [3.8, 4) is 6.07 Å². The molecule has 0 aliphatic carbocycles. The quantitative estimate of drug-likeness (QED) is 0.140. The highest BCUT2D eigenvalue weighted by atomic mass is 15.0. The van der Waals surface area contributed by atoms with Gasteiger partial charge in [-0.05, 0) is 60.7 Å². The van der Waals surface area contributed by atoms with Crippen molar-refractivity contribution in [1.82, 2.24) is 4.40 Å². The lowest BCUT2D eigenvalue weighted by Gasteiger charge is -2.14. The lowest BCUT2D eigenvalue weighted by atomic mass is 9.96. The van der Waals surface area contributed by atoms with Crippen LogP contribution < -0.4 is 4.57 Å². The average molecular weight is 385 g/mol. The Hall–Kier alpha value is -4.15. The van der Waals surface area contributed by atoms with Gasteiger partial charge in [0.2, 0.25) is 5.52 Å². The van der Waals surface area contributed by atoms with Gasteiger partial charge in [0.15, 0.2) is 11.9 Å². The molecule has 140 valence electrons. The molecule has 0 atom stereocenters. The van der Waals surface area contributed by atoms with Crippen LogP contribution in [-0.4, -0.2) is 4.40 Å². The zero-order chi connectivity index (χ0) is 20.7. The highest BCUT2D eigenvalue weighted by Crippen LogP contribution is 2.43. The fraction of sp³-hybridized carbons (Fsp3) is 0.115. The Morgan fingerprint density at radius 3 is 2.63 bits per heavy atom. The van der Waals surface area contributed by atoms with Gasteiger partial charge >= 0.3 is 0 Å². The number of aryl methyl sites for hydroxylation is 3. The summed E-state index contributed by atoms with van der Waals surface area (Å²) < 4.78 is 4.44. The summed E-state index contributed by atoms with van der Waals surface area (Å²) in [5.41, 5.74) is 8.06. The molecule has 4 nitrogen and oxygen atoms in total. The predicted molar refractivity (Wildman–Crippen MR) is 120 cm³/mol. The zero-order valence-corrected chi connectivity index (χ0v) is 16.9. The van der Waals surface area contributed by atoms with Crippen molar-refractivity contribution in [3.05, 3.63) is 76.8 Å². The van der Waals surface area contributed by atoms with Gasteiger partial charge in [0.1, 0.15) is 7.05 Å². The van der Waals surface area contributed by atoms with Crippen LogP contribution in [0.5, 0.6) is 0 Å². The van der Waals surface area contributed by atoms with Gasteiger partial charge in [0.25, 0.3) is 0 Å². The molecule has 0 fully saturated rings. The van der Waals surface area contributed by atoms with Crippen molar-refractivity contribution in [2.75, 3.05) is 0 Å². The maximum Gasteiger partial charge on any atom is 0.224 e. The lowest BCUT2D eigenvalue weighted by molar-refractivity contribution is -0.643. The molecule has 3 aromatic carbocycles. The van der Waals surface area contributed by atoms with Gasteiger partial charge in [-0.2, -0.15) is 5.26 Å². The topological polar surface area (TPSA) is 36.4 Å². The van der Waals surface area contributed by atoms with E-state index in [9.17, 15) is 5.26 Å². The number of pyridine rings is 2. The normalized spacial score (nSPS) is 11.8. The first kappa shape index (κ1) is 16.8. The summed E-state index contributed by atoms with van der Waals surface area (Å²) in [7, 11) is 2.08. The SMILES string of the molecule is [C-]#[N+]c1cc2cc[n+](C)c3c4c(C)c(C)cc5c6c(C#N)cccc6n(c(c1)c23)c54. The number of benzene rings is 3. The zero-order valence-electron chi connectivity index (χ0n) is 16.9. The van der Waals surface area contributed by atoms with Crippen molar-refractivity contribution in [2.24, 2.45) is 7.05 Å². The fourth-order valence-corrected chi connectivity index (χ4v) is 5.10. The van der Waals surface area contributed by atoms with E-state index in [1.807, 2.05) is 24.3 Å². The molecular weight excluding hydrogens is 368 g/mol. The average Bonchev–Trinajstić information content (AvgIpc) is 3.09. The Labute approximate surface area is 173 Å². The van der Waals surface area contributed by atoms with E-state index < -0.39 is 0 Å². The third-order valence-electron chi connectivity index (χ3n) is 6.52. The molecule has 0 spiro atoms. The number of nitriles is 1. The Morgan fingerprint density at radius 1 is 1.03 bits per heavy atom. The largest absolute Gasteiger partial charge is 0.309 e. The number of nitrogens with zero attached hydrogens (tertiary/aromatic N) is 4. The van der Waals surface area contributed by atoms with Crippen LogP contribution in [0.25, 0.3) is 53.8 Å². The van der Waals surface area contributed by atoms with E-state index in [2.05, 4.69) is 65.2 Å². The molecular formula is C26H17N4+. The first-order chi connectivity index (χ1) is 14.5. The molecule has 0 saturated carbocycles. The molecule has 0 aliphatic rings. The van der Waals surface area contributed by atoms with Crippen molar-refractivity contribution in [3.63, 3.8) is 0 Å². The second-order valence-corrected chi connectivity index (χ2v) is 8.05. The molecule has 0 bridgehead atoms. The molecule has 0 unspecified atom stereocenters. The Kier molecular flexibility index (Phi) is 3.06. The Balaban J connectivity index is 2.15. The minimum absolute atomic E-state index is 0.621. The van der Waals surface area contributed by atoms with E-state index in [1.165, 1.54) is 22.0 Å². The van der Waals surface area contributed by atoms with Gasteiger partial charge < -0.3 is 4.40 Å². The van der Waals surface area contributed by atoms with Crippen LogP contribution in [0.4, 0.5) is 5.69 Å². The van der Waals surface area contributed by atoms with E-state index in [1.54, 1.807) is 0 Å². The molecule has 6 rings (SSSR count). The van der Waals surface area contributed by atoms with Crippen LogP contribution in [0.3, 0.4) is 0 Å². The number of hydrogen-bond acceptors (Lipinski definition) is 1. The van der Waals surface area contributed by atoms with Crippen LogP contribution in [0.15, 0.2) is 48.7 Å². The van der Waals surface area contributed by atoms with E-state index >= 15 is 0 Å². The second kappa shape index (κ2) is 5.47. The minimum Gasteiger partial charge on any atom is -0.309 e. The molecule has 30 heavy (non-hydrogen) atoms. The van der Waals surface area contributed by atoms with Gasteiger partial charge in [-0.1, -0.05) is 6.07 Å². The third-order valence-corrected chi connectivity index (χ3v) is 6.52. The summed E-state index contributed by atoms with van der Waals surface area (Å²) in [5, 5.41) is 15.3. The molecule has 0 amide bonds. The number of fused-ring (bicyclic) bond motifs is 5. The van der Waals surface area contributed by atoms with Gasteiger partial charge in [0.05, 0.1) is 45.5 Å². The summed E-state index contributed by atoms with van der Waals surface area (Å²) in [6, 6.07) is 16.5. The Bertz CT molecular complexity index is 1790. The second-order valence-electron chi connectivity index (χ2n) is 8.05. The first-order valence-corrected chi connectivity index (χ1v) is 9.87. The van der Waals surface area contributed by atoms with Gasteiger partial charge in [-0.15, -0.1) is 0 Å².